The van der Waals surface area contributed by atoms with E-state index in [9.17, 15) is 26.4 Å². The first kappa shape index (κ1) is 28.2. The third-order valence-corrected chi connectivity index (χ3v) is 11.3. The first-order valence-electron chi connectivity index (χ1n) is 14.4. The second-order valence-electron chi connectivity index (χ2n) is 12.3. The van der Waals surface area contributed by atoms with Crippen molar-refractivity contribution < 1.29 is 21.6 Å². The molecule has 4 aliphatic rings. The third-order valence-electron chi connectivity index (χ3n) is 9.73. The van der Waals surface area contributed by atoms with E-state index in [1.165, 1.54) is 31.7 Å². The van der Waals surface area contributed by atoms with Gasteiger partial charge in [0.05, 0.1) is 35.4 Å². The summed E-state index contributed by atoms with van der Waals surface area (Å²) in [4.78, 5) is 17.8. The fourth-order valence-corrected chi connectivity index (χ4v) is 8.68. The monoisotopic (exact) mass is 584 g/mol. The molecule has 0 aromatic carbocycles. The van der Waals surface area contributed by atoms with Crippen molar-refractivity contribution in [2.45, 2.75) is 69.9 Å². The van der Waals surface area contributed by atoms with Gasteiger partial charge >= 0.3 is 11.9 Å². The predicted octanol–water partition coefficient (Wildman–Crippen LogP) is 2.82. The zero-order valence-corrected chi connectivity index (χ0v) is 23.7. The van der Waals surface area contributed by atoms with Gasteiger partial charge in [-0.25, -0.2) is 24.1 Å². The van der Waals surface area contributed by atoms with E-state index in [2.05, 4.69) is 22.8 Å². The largest absolute Gasteiger partial charge is 0.418 e. The van der Waals surface area contributed by atoms with E-state index >= 15 is 0 Å². The van der Waals surface area contributed by atoms with Crippen molar-refractivity contribution in [1.29, 1.82) is 0 Å². The SMILES string of the molecule is CN1CNNC1[C@H](C1CCC1)C1CCCC(n2cc3c(C(F)(F)F)cc(CN4CCS(=O)(=O)CC4)cn3c2=O)C1. The van der Waals surface area contributed by atoms with Gasteiger partial charge in [-0.2, -0.15) is 13.2 Å². The molecular weight excluding hydrogens is 545 g/mol. The number of nitrogens with zero attached hydrogens (tertiary/aromatic N) is 4. The van der Waals surface area contributed by atoms with E-state index in [1.807, 2.05) is 4.90 Å². The van der Waals surface area contributed by atoms with Crippen LogP contribution in [0.1, 0.15) is 62.1 Å². The van der Waals surface area contributed by atoms with Crippen molar-refractivity contribution >= 4 is 15.4 Å². The Labute approximate surface area is 232 Å². The van der Waals surface area contributed by atoms with Crippen molar-refractivity contribution in [3.8, 4) is 0 Å². The molecule has 9 nitrogen and oxygen atoms in total. The van der Waals surface area contributed by atoms with Crippen LogP contribution in [-0.4, -0.2) is 71.7 Å². The van der Waals surface area contributed by atoms with Gasteiger partial charge in [-0.1, -0.05) is 25.7 Å². The van der Waals surface area contributed by atoms with Crippen LogP contribution in [0.25, 0.3) is 5.52 Å². The summed E-state index contributed by atoms with van der Waals surface area (Å²) in [7, 11) is -0.998. The van der Waals surface area contributed by atoms with Gasteiger partial charge in [0.2, 0.25) is 0 Å². The molecule has 2 aliphatic carbocycles. The number of aromatic nitrogens is 2. The lowest BCUT2D eigenvalue weighted by molar-refractivity contribution is -0.136. The van der Waals surface area contributed by atoms with Gasteiger partial charge < -0.3 is 0 Å². The van der Waals surface area contributed by atoms with E-state index in [4.69, 9.17) is 0 Å². The lowest BCUT2D eigenvalue weighted by Crippen LogP contribution is -2.50. The molecule has 2 aromatic heterocycles. The summed E-state index contributed by atoms with van der Waals surface area (Å²) in [5.41, 5.74) is 5.67. The fraction of sp³-hybridized carbons (Fsp3) is 0.741. The number of rotatable bonds is 6. The highest BCUT2D eigenvalue weighted by atomic mass is 32.2. The molecule has 222 valence electrons. The molecule has 2 N–H and O–H groups in total. The van der Waals surface area contributed by atoms with Gasteiger partial charge in [0.15, 0.2) is 9.84 Å². The first-order chi connectivity index (χ1) is 19.0. The molecular formula is C27H39F3N6O3S. The van der Waals surface area contributed by atoms with Gasteiger partial charge in [-0.15, -0.1) is 0 Å². The Bertz CT molecular complexity index is 1390. The lowest BCUT2D eigenvalue weighted by Gasteiger charge is -2.46. The Hall–Kier alpha value is -1.93. The van der Waals surface area contributed by atoms with Crippen LogP contribution in [0.15, 0.2) is 23.3 Å². The molecule has 2 saturated carbocycles. The van der Waals surface area contributed by atoms with Crippen LogP contribution in [0, 0.1) is 17.8 Å². The number of hydrogen-bond donors (Lipinski definition) is 2. The van der Waals surface area contributed by atoms with E-state index in [0.717, 1.165) is 42.8 Å². The van der Waals surface area contributed by atoms with Gasteiger partial charge in [-0.3, -0.25) is 18.8 Å². The molecule has 2 aromatic rings. The number of alkyl halides is 3. The zero-order valence-electron chi connectivity index (χ0n) is 22.9. The van der Waals surface area contributed by atoms with Crippen LogP contribution in [-0.2, 0) is 22.6 Å². The summed E-state index contributed by atoms with van der Waals surface area (Å²) in [6, 6.07) is 0.970. The van der Waals surface area contributed by atoms with Crippen LogP contribution in [0.5, 0.6) is 0 Å². The number of hydrazine groups is 1. The summed E-state index contributed by atoms with van der Waals surface area (Å²) in [5.74, 6) is 1.41. The Morgan fingerprint density at radius 2 is 1.75 bits per heavy atom. The van der Waals surface area contributed by atoms with Gasteiger partial charge in [0, 0.05) is 38.1 Å². The maximum atomic E-state index is 14.2. The minimum Gasteiger partial charge on any atom is -0.297 e. The average Bonchev–Trinajstić information content (AvgIpc) is 3.44. The van der Waals surface area contributed by atoms with E-state index in [1.54, 1.807) is 4.57 Å². The molecule has 0 radical (unpaired) electrons. The first-order valence-corrected chi connectivity index (χ1v) is 16.3. The standard InChI is InChI=1S/C27H39F3N6O3S/c1-33-17-31-32-25(33)24(19-4-2-5-19)20-6-3-7-21(13-20)35-16-23-22(27(28,29)30)12-18(15-36(23)26(35)37)14-34-8-10-40(38,39)11-9-34/h12,15-16,19-21,24-25,31-32H,2-11,13-14,17H2,1H3/t20?,21?,24-,25?/m1/s1. The molecule has 3 unspecified atom stereocenters. The summed E-state index contributed by atoms with van der Waals surface area (Å²) in [6.45, 7) is 1.47. The number of fused-ring (bicyclic) bond motifs is 1. The number of nitrogens with one attached hydrogen (secondary N) is 2. The van der Waals surface area contributed by atoms with E-state index in [-0.39, 0.29) is 48.9 Å². The molecule has 2 saturated heterocycles. The predicted molar refractivity (Wildman–Crippen MR) is 145 cm³/mol. The summed E-state index contributed by atoms with van der Waals surface area (Å²) in [6.07, 6.45) is 5.70. The molecule has 4 atom stereocenters. The molecule has 2 aliphatic heterocycles. The number of hydrogen-bond acceptors (Lipinski definition) is 7. The van der Waals surface area contributed by atoms with Crippen LogP contribution in [0.2, 0.25) is 0 Å². The second-order valence-corrected chi connectivity index (χ2v) is 14.6. The molecule has 13 heteroatoms. The molecule has 4 heterocycles. The molecule has 40 heavy (non-hydrogen) atoms. The minimum atomic E-state index is -4.62. The molecule has 6 rings (SSSR count). The number of halogens is 3. The second kappa shape index (κ2) is 10.7. The highest BCUT2D eigenvalue weighted by Gasteiger charge is 2.44. The van der Waals surface area contributed by atoms with Crippen molar-refractivity contribution in [3.63, 3.8) is 0 Å². The quantitative estimate of drug-likeness (QED) is 0.540. The highest BCUT2D eigenvalue weighted by molar-refractivity contribution is 7.91. The Balaban J connectivity index is 1.30. The van der Waals surface area contributed by atoms with Crippen molar-refractivity contribution in [2.24, 2.45) is 17.8 Å². The molecule has 4 fully saturated rings. The number of imidazole rings is 1. The number of pyridine rings is 1. The third kappa shape index (κ3) is 5.47. The smallest absolute Gasteiger partial charge is 0.297 e. The zero-order chi connectivity index (χ0) is 28.2. The highest BCUT2D eigenvalue weighted by Crippen LogP contribution is 2.47. The van der Waals surface area contributed by atoms with Crippen LogP contribution >= 0.6 is 0 Å². The topological polar surface area (TPSA) is 91.1 Å². The van der Waals surface area contributed by atoms with Crippen LogP contribution in [0.4, 0.5) is 13.2 Å². The normalized spacial score (nSPS) is 29.6. The Morgan fingerprint density at radius 3 is 2.38 bits per heavy atom. The van der Waals surface area contributed by atoms with Gasteiger partial charge in [0.1, 0.15) is 0 Å². The van der Waals surface area contributed by atoms with E-state index in [0.29, 0.717) is 23.3 Å². The van der Waals surface area contributed by atoms with Crippen LogP contribution < -0.4 is 16.5 Å². The maximum absolute atomic E-state index is 14.2. The van der Waals surface area contributed by atoms with Crippen molar-refractivity contribution in [3.05, 3.63) is 40.1 Å². The minimum absolute atomic E-state index is 0.00930. The molecule has 0 bridgehead atoms. The molecule has 0 spiro atoms. The van der Waals surface area contributed by atoms with Gasteiger partial charge in [0.25, 0.3) is 0 Å². The summed E-state index contributed by atoms with van der Waals surface area (Å²) >= 11 is 0. The van der Waals surface area contributed by atoms with Crippen molar-refractivity contribution in [2.75, 3.05) is 38.3 Å². The maximum Gasteiger partial charge on any atom is 0.418 e. The number of sulfone groups is 1. The van der Waals surface area contributed by atoms with E-state index < -0.39 is 27.3 Å². The Morgan fingerprint density at radius 1 is 1.05 bits per heavy atom. The summed E-state index contributed by atoms with van der Waals surface area (Å²) in [5, 5.41) is 0. The Kier molecular flexibility index (Phi) is 7.56. The lowest BCUT2D eigenvalue weighted by atomic mass is 9.65. The fourth-order valence-electron chi connectivity index (χ4n) is 7.41. The average molecular weight is 585 g/mol. The molecule has 0 amide bonds. The van der Waals surface area contributed by atoms with Gasteiger partial charge in [-0.05, 0) is 55.7 Å². The van der Waals surface area contributed by atoms with Crippen LogP contribution in [0.3, 0.4) is 0 Å². The summed E-state index contributed by atoms with van der Waals surface area (Å²) < 4.78 is 69.0. The van der Waals surface area contributed by atoms with Crippen molar-refractivity contribution in [1.82, 2.24) is 29.6 Å².